The van der Waals surface area contributed by atoms with Gasteiger partial charge in [-0.25, -0.2) is 8.42 Å². The molecule has 9 nitrogen and oxygen atoms in total. The van der Waals surface area contributed by atoms with Crippen LogP contribution in [0.3, 0.4) is 0 Å². The topological polar surface area (TPSA) is 106 Å². The third-order valence-corrected chi connectivity index (χ3v) is 6.93. The molecule has 1 amide bonds. The summed E-state index contributed by atoms with van der Waals surface area (Å²) in [4.78, 5) is 17.0. The Morgan fingerprint density at radius 2 is 1.87 bits per heavy atom. The number of morpholine rings is 1. The number of hydrogen-bond donors (Lipinski definition) is 1. The molecule has 0 unspecified atom stereocenters. The van der Waals surface area contributed by atoms with Crippen LogP contribution < -0.4 is 5.32 Å². The van der Waals surface area contributed by atoms with Crippen LogP contribution in [0.15, 0.2) is 59.6 Å². The van der Waals surface area contributed by atoms with Gasteiger partial charge in [0.1, 0.15) is 0 Å². The summed E-state index contributed by atoms with van der Waals surface area (Å²) in [7, 11) is -1.76. The van der Waals surface area contributed by atoms with Gasteiger partial charge in [0.2, 0.25) is 10.0 Å². The SMILES string of the molecule is Cn1nc(CNC(=O)c2ccc(S(=O)(=O)N3CCOCC3)cc2)cc1-c1ccccn1. The normalized spacial score (nSPS) is 15.0. The molecule has 0 aliphatic carbocycles. The molecule has 0 saturated carbocycles. The molecule has 3 heterocycles. The first-order chi connectivity index (χ1) is 14.9. The molecule has 31 heavy (non-hydrogen) atoms. The van der Waals surface area contributed by atoms with Gasteiger partial charge in [0.25, 0.3) is 5.91 Å². The Morgan fingerprint density at radius 1 is 1.13 bits per heavy atom. The van der Waals surface area contributed by atoms with Crippen molar-refractivity contribution in [2.45, 2.75) is 11.4 Å². The molecule has 4 rings (SSSR count). The maximum absolute atomic E-state index is 12.7. The van der Waals surface area contributed by atoms with Crippen LogP contribution in [-0.2, 0) is 28.4 Å². The number of aromatic nitrogens is 3. The highest BCUT2D eigenvalue weighted by Crippen LogP contribution is 2.19. The largest absolute Gasteiger partial charge is 0.379 e. The van der Waals surface area contributed by atoms with Gasteiger partial charge in [-0.2, -0.15) is 9.40 Å². The molecule has 1 aliphatic rings. The minimum atomic E-state index is -3.59. The second kappa shape index (κ2) is 8.96. The average Bonchev–Trinajstić information content (AvgIpc) is 3.19. The van der Waals surface area contributed by atoms with Crippen LogP contribution in [0.25, 0.3) is 11.4 Å². The lowest BCUT2D eigenvalue weighted by Gasteiger charge is -2.26. The Bertz CT molecular complexity index is 1150. The molecule has 0 radical (unpaired) electrons. The first-order valence-corrected chi connectivity index (χ1v) is 11.3. The molecule has 1 saturated heterocycles. The van der Waals surface area contributed by atoms with E-state index in [1.165, 1.54) is 28.6 Å². The van der Waals surface area contributed by atoms with Gasteiger partial charge in [0.05, 0.1) is 41.7 Å². The summed E-state index contributed by atoms with van der Waals surface area (Å²) < 4.78 is 33.7. The van der Waals surface area contributed by atoms with Crippen LogP contribution in [0.2, 0.25) is 0 Å². The highest BCUT2D eigenvalue weighted by molar-refractivity contribution is 7.89. The lowest BCUT2D eigenvalue weighted by molar-refractivity contribution is 0.0730. The Hall–Kier alpha value is -3.08. The zero-order chi connectivity index (χ0) is 21.8. The van der Waals surface area contributed by atoms with Crippen molar-refractivity contribution in [2.24, 2.45) is 7.05 Å². The van der Waals surface area contributed by atoms with Crippen molar-refractivity contribution in [2.75, 3.05) is 26.3 Å². The van der Waals surface area contributed by atoms with Crippen LogP contribution >= 0.6 is 0 Å². The molecule has 3 aromatic rings. The number of amides is 1. The molecule has 0 spiro atoms. The van der Waals surface area contributed by atoms with Crippen LogP contribution in [-0.4, -0.2) is 59.7 Å². The van der Waals surface area contributed by atoms with Crippen molar-refractivity contribution < 1.29 is 17.9 Å². The zero-order valence-corrected chi connectivity index (χ0v) is 17.9. The molecular weight excluding hydrogens is 418 g/mol. The Kier molecular flexibility index (Phi) is 6.12. The summed E-state index contributed by atoms with van der Waals surface area (Å²) >= 11 is 0. The molecule has 162 valence electrons. The van der Waals surface area contributed by atoms with Crippen molar-refractivity contribution >= 4 is 15.9 Å². The van der Waals surface area contributed by atoms with Crippen molar-refractivity contribution in [1.29, 1.82) is 0 Å². The lowest BCUT2D eigenvalue weighted by atomic mass is 10.2. The molecular formula is C21H23N5O4S. The van der Waals surface area contributed by atoms with Gasteiger partial charge in [-0.3, -0.25) is 14.5 Å². The summed E-state index contributed by atoms with van der Waals surface area (Å²) in [5.74, 6) is -0.305. The number of nitrogens with zero attached hydrogens (tertiary/aromatic N) is 4. The van der Waals surface area contributed by atoms with E-state index in [-0.39, 0.29) is 17.3 Å². The number of aryl methyl sites for hydroxylation is 1. The van der Waals surface area contributed by atoms with Crippen molar-refractivity contribution in [3.8, 4) is 11.4 Å². The minimum absolute atomic E-state index is 0.163. The summed E-state index contributed by atoms with van der Waals surface area (Å²) in [5.41, 5.74) is 2.72. The summed E-state index contributed by atoms with van der Waals surface area (Å²) in [5, 5.41) is 7.23. The third kappa shape index (κ3) is 4.66. The molecule has 1 N–H and O–H groups in total. The maximum Gasteiger partial charge on any atom is 0.251 e. The van der Waals surface area contributed by atoms with Crippen LogP contribution in [0.4, 0.5) is 0 Å². The highest BCUT2D eigenvalue weighted by atomic mass is 32.2. The second-order valence-electron chi connectivity index (χ2n) is 7.08. The standard InChI is InChI=1S/C21H23N5O4S/c1-25-20(19-4-2-3-9-22-19)14-17(24-25)15-23-21(27)16-5-7-18(8-6-16)31(28,29)26-10-12-30-13-11-26/h2-9,14H,10-13,15H2,1H3,(H,23,27). The summed E-state index contributed by atoms with van der Waals surface area (Å²) in [6.45, 7) is 1.67. The zero-order valence-electron chi connectivity index (χ0n) is 17.1. The van der Waals surface area contributed by atoms with Gasteiger partial charge >= 0.3 is 0 Å². The van der Waals surface area contributed by atoms with Crippen LogP contribution in [0.5, 0.6) is 0 Å². The van der Waals surface area contributed by atoms with E-state index >= 15 is 0 Å². The second-order valence-corrected chi connectivity index (χ2v) is 9.02. The minimum Gasteiger partial charge on any atom is -0.379 e. The van der Waals surface area contributed by atoms with Gasteiger partial charge in [-0.05, 0) is 42.5 Å². The first kappa shape index (κ1) is 21.2. The number of benzene rings is 1. The number of carbonyl (C=O) groups excluding carboxylic acids is 1. The van der Waals surface area contributed by atoms with E-state index in [2.05, 4.69) is 15.4 Å². The molecule has 1 fully saturated rings. The fourth-order valence-corrected chi connectivity index (χ4v) is 4.76. The first-order valence-electron chi connectivity index (χ1n) is 9.85. The van der Waals surface area contributed by atoms with Crippen LogP contribution in [0, 0.1) is 0 Å². The highest BCUT2D eigenvalue weighted by Gasteiger charge is 2.26. The van der Waals surface area contributed by atoms with Gasteiger partial charge < -0.3 is 10.1 Å². The summed E-state index contributed by atoms with van der Waals surface area (Å²) in [6.07, 6.45) is 1.71. The molecule has 2 aromatic heterocycles. The van der Waals surface area contributed by atoms with Gasteiger partial charge in [-0.1, -0.05) is 6.07 Å². The smallest absolute Gasteiger partial charge is 0.251 e. The molecule has 0 atom stereocenters. The third-order valence-electron chi connectivity index (χ3n) is 5.01. The van der Waals surface area contributed by atoms with E-state index < -0.39 is 10.0 Å². The number of nitrogens with one attached hydrogen (secondary N) is 1. The average molecular weight is 442 g/mol. The lowest BCUT2D eigenvalue weighted by Crippen LogP contribution is -2.40. The number of ether oxygens (including phenoxy) is 1. The molecule has 10 heteroatoms. The van der Waals surface area contributed by atoms with E-state index in [0.717, 1.165) is 11.4 Å². The number of rotatable bonds is 6. The molecule has 1 aromatic carbocycles. The number of hydrogen-bond acceptors (Lipinski definition) is 6. The number of pyridine rings is 1. The number of carbonyl (C=O) groups is 1. The van der Waals surface area contributed by atoms with Gasteiger partial charge in [0, 0.05) is 31.9 Å². The van der Waals surface area contributed by atoms with E-state index in [4.69, 9.17) is 4.74 Å². The van der Waals surface area contributed by atoms with Crippen molar-refractivity contribution in [1.82, 2.24) is 24.4 Å². The molecule has 1 aliphatic heterocycles. The number of sulfonamides is 1. The van der Waals surface area contributed by atoms with Crippen molar-refractivity contribution in [3.05, 3.63) is 66.0 Å². The summed E-state index contributed by atoms with van der Waals surface area (Å²) in [6, 6.07) is 13.5. The predicted octanol–water partition coefficient (Wildman–Crippen LogP) is 1.43. The Balaban J connectivity index is 1.40. The van der Waals surface area contributed by atoms with Crippen LogP contribution in [0.1, 0.15) is 16.1 Å². The fourth-order valence-electron chi connectivity index (χ4n) is 3.35. The molecule has 0 bridgehead atoms. The monoisotopic (exact) mass is 441 g/mol. The van der Waals surface area contributed by atoms with Gasteiger partial charge in [0.15, 0.2) is 0 Å². The van der Waals surface area contributed by atoms with Gasteiger partial charge in [-0.15, -0.1) is 0 Å². The van der Waals surface area contributed by atoms with Crippen molar-refractivity contribution in [3.63, 3.8) is 0 Å². The quantitative estimate of drug-likeness (QED) is 0.620. The maximum atomic E-state index is 12.7. The predicted molar refractivity (Wildman–Crippen MR) is 114 cm³/mol. The fraction of sp³-hybridized carbons (Fsp3) is 0.286. The van der Waals surface area contributed by atoms with E-state index in [9.17, 15) is 13.2 Å². The van der Waals surface area contributed by atoms with E-state index in [0.29, 0.717) is 37.6 Å². The van der Waals surface area contributed by atoms with E-state index in [1.807, 2.05) is 31.3 Å². The van der Waals surface area contributed by atoms with E-state index in [1.54, 1.807) is 10.9 Å². The Morgan fingerprint density at radius 3 is 2.55 bits per heavy atom. The Labute approximate surface area is 180 Å².